The highest BCUT2D eigenvalue weighted by Crippen LogP contribution is 2.28. The minimum absolute atomic E-state index is 0.499. The molecule has 132 valence electrons. The number of nitriles is 1. The summed E-state index contributed by atoms with van der Waals surface area (Å²) < 4.78 is 11.1. The topological polar surface area (TPSA) is 54.3 Å². The average Bonchev–Trinajstić information content (AvgIpc) is 2.66. The quantitative estimate of drug-likeness (QED) is 0.505. The number of ether oxygens (including phenoxy) is 2. The Hall–Kier alpha value is -2.16. The molecule has 2 rings (SSSR count). The zero-order chi connectivity index (χ0) is 17.9. The van der Waals surface area contributed by atoms with Gasteiger partial charge in [-0.3, -0.25) is 0 Å². The van der Waals surface area contributed by atoms with E-state index in [2.05, 4.69) is 41.9 Å². The molecule has 0 spiro atoms. The SMILES string of the molecule is COc1ccc(CNCc2ccc(SC)cc2)cc1OCCCC#N. The molecule has 0 saturated heterocycles. The van der Waals surface area contributed by atoms with Gasteiger partial charge in [-0.05, 0) is 48.1 Å². The Balaban J connectivity index is 1.89. The molecule has 0 saturated carbocycles. The first-order chi connectivity index (χ1) is 12.3. The van der Waals surface area contributed by atoms with E-state index in [-0.39, 0.29) is 0 Å². The molecule has 2 aromatic rings. The van der Waals surface area contributed by atoms with E-state index in [0.29, 0.717) is 25.2 Å². The summed E-state index contributed by atoms with van der Waals surface area (Å²) in [4.78, 5) is 1.28. The highest BCUT2D eigenvalue weighted by Gasteiger charge is 2.06. The number of hydrogen-bond acceptors (Lipinski definition) is 5. The summed E-state index contributed by atoms with van der Waals surface area (Å²) in [6.45, 7) is 2.09. The van der Waals surface area contributed by atoms with Crippen molar-refractivity contribution in [1.29, 1.82) is 5.26 Å². The second-order valence-electron chi connectivity index (χ2n) is 5.55. The third-order valence-electron chi connectivity index (χ3n) is 3.74. The maximum atomic E-state index is 8.59. The molecule has 0 aromatic heterocycles. The van der Waals surface area contributed by atoms with E-state index in [4.69, 9.17) is 14.7 Å². The van der Waals surface area contributed by atoms with Gasteiger partial charge in [0.15, 0.2) is 11.5 Å². The number of thioether (sulfide) groups is 1. The molecular weight excluding hydrogens is 332 g/mol. The standard InChI is InChI=1S/C20H24N2O2S/c1-23-19-10-7-17(13-20(19)24-12-4-3-11-21)15-22-14-16-5-8-18(25-2)9-6-16/h5-10,13,22H,3-4,12,14-15H2,1-2H3. The van der Waals surface area contributed by atoms with Gasteiger partial charge in [-0.2, -0.15) is 5.26 Å². The van der Waals surface area contributed by atoms with Gasteiger partial charge in [-0.25, -0.2) is 0 Å². The summed E-state index contributed by atoms with van der Waals surface area (Å²) in [5.41, 5.74) is 2.40. The summed E-state index contributed by atoms with van der Waals surface area (Å²) in [6, 6.07) is 16.7. The van der Waals surface area contributed by atoms with Crippen LogP contribution in [0.15, 0.2) is 47.4 Å². The van der Waals surface area contributed by atoms with Crippen LogP contribution in [0.5, 0.6) is 11.5 Å². The lowest BCUT2D eigenvalue weighted by Crippen LogP contribution is -2.12. The Morgan fingerprint density at radius 2 is 1.76 bits per heavy atom. The van der Waals surface area contributed by atoms with Crippen molar-refractivity contribution in [3.8, 4) is 17.6 Å². The minimum atomic E-state index is 0.499. The fourth-order valence-electron chi connectivity index (χ4n) is 2.37. The lowest BCUT2D eigenvalue weighted by atomic mass is 10.2. The summed E-state index contributed by atoms with van der Waals surface area (Å²) in [6.07, 6.45) is 3.30. The second kappa shape index (κ2) is 10.7. The molecule has 5 heteroatoms. The molecule has 0 amide bonds. The fraction of sp³-hybridized carbons (Fsp3) is 0.350. The molecule has 25 heavy (non-hydrogen) atoms. The lowest BCUT2D eigenvalue weighted by Gasteiger charge is -2.12. The Labute approximate surface area is 154 Å². The number of unbranched alkanes of at least 4 members (excludes halogenated alkanes) is 1. The van der Waals surface area contributed by atoms with Crippen molar-refractivity contribution in [3.05, 3.63) is 53.6 Å². The Morgan fingerprint density at radius 1 is 1.04 bits per heavy atom. The van der Waals surface area contributed by atoms with E-state index in [9.17, 15) is 0 Å². The van der Waals surface area contributed by atoms with Gasteiger partial charge in [0.05, 0.1) is 19.8 Å². The van der Waals surface area contributed by atoms with Crippen LogP contribution in [0, 0.1) is 11.3 Å². The van der Waals surface area contributed by atoms with Crippen molar-refractivity contribution in [2.45, 2.75) is 30.8 Å². The summed E-state index contributed by atoms with van der Waals surface area (Å²) >= 11 is 1.75. The van der Waals surface area contributed by atoms with Crippen LogP contribution in [0.2, 0.25) is 0 Å². The van der Waals surface area contributed by atoms with E-state index in [1.165, 1.54) is 10.5 Å². The van der Waals surface area contributed by atoms with Crippen LogP contribution < -0.4 is 14.8 Å². The first-order valence-corrected chi connectivity index (χ1v) is 9.49. The number of nitrogens with zero attached hydrogens (tertiary/aromatic N) is 1. The number of rotatable bonds is 10. The first-order valence-electron chi connectivity index (χ1n) is 8.27. The van der Waals surface area contributed by atoms with Crippen molar-refractivity contribution < 1.29 is 9.47 Å². The average molecular weight is 356 g/mol. The zero-order valence-corrected chi connectivity index (χ0v) is 15.6. The first kappa shape index (κ1) is 19.2. The molecule has 1 N–H and O–H groups in total. The normalized spacial score (nSPS) is 10.3. The molecule has 0 aliphatic heterocycles. The van der Waals surface area contributed by atoms with E-state index in [0.717, 1.165) is 24.4 Å². The molecule has 0 aliphatic carbocycles. The molecular formula is C20H24N2O2S. The predicted molar refractivity (Wildman–Crippen MR) is 102 cm³/mol. The molecule has 4 nitrogen and oxygen atoms in total. The van der Waals surface area contributed by atoms with Crippen molar-refractivity contribution >= 4 is 11.8 Å². The molecule has 0 heterocycles. The van der Waals surface area contributed by atoms with Crippen LogP contribution >= 0.6 is 11.8 Å². The molecule has 0 unspecified atom stereocenters. The van der Waals surface area contributed by atoms with Crippen LogP contribution in [0.25, 0.3) is 0 Å². The molecule has 2 aromatic carbocycles. The van der Waals surface area contributed by atoms with Crippen LogP contribution in [0.3, 0.4) is 0 Å². The summed E-state index contributed by atoms with van der Waals surface area (Å²) in [5, 5.41) is 12.0. The largest absolute Gasteiger partial charge is 0.493 e. The Morgan fingerprint density at radius 3 is 2.44 bits per heavy atom. The molecule has 0 atom stereocenters. The third kappa shape index (κ3) is 6.33. The number of benzene rings is 2. The zero-order valence-electron chi connectivity index (χ0n) is 14.7. The summed E-state index contributed by atoms with van der Waals surface area (Å²) in [5.74, 6) is 1.44. The number of nitrogens with one attached hydrogen (secondary N) is 1. The highest BCUT2D eigenvalue weighted by atomic mass is 32.2. The minimum Gasteiger partial charge on any atom is -0.493 e. The third-order valence-corrected chi connectivity index (χ3v) is 4.48. The smallest absolute Gasteiger partial charge is 0.161 e. The van der Waals surface area contributed by atoms with E-state index in [1.807, 2.05) is 18.2 Å². The molecule has 0 bridgehead atoms. The van der Waals surface area contributed by atoms with Crippen LogP contribution in [-0.4, -0.2) is 20.0 Å². The molecule has 0 radical (unpaired) electrons. The summed E-state index contributed by atoms with van der Waals surface area (Å²) in [7, 11) is 1.63. The monoisotopic (exact) mass is 356 g/mol. The van der Waals surface area contributed by atoms with Gasteiger partial charge in [0.25, 0.3) is 0 Å². The molecule has 0 fully saturated rings. The molecule has 0 aliphatic rings. The van der Waals surface area contributed by atoms with Crippen molar-refractivity contribution in [3.63, 3.8) is 0 Å². The van der Waals surface area contributed by atoms with Gasteiger partial charge in [-0.15, -0.1) is 11.8 Å². The van der Waals surface area contributed by atoms with E-state index < -0.39 is 0 Å². The van der Waals surface area contributed by atoms with Gasteiger partial charge in [-0.1, -0.05) is 18.2 Å². The van der Waals surface area contributed by atoms with Gasteiger partial charge in [0, 0.05) is 24.4 Å². The fourth-order valence-corrected chi connectivity index (χ4v) is 2.78. The second-order valence-corrected chi connectivity index (χ2v) is 6.43. The van der Waals surface area contributed by atoms with Crippen molar-refractivity contribution in [2.24, 2.45) is 0 Å². The van der Waals surface area contributed by atoms with E-state index in [1.54, 1.807) is 18.9 Å². The van der Waals surface area contributed by atoms with Crippen LogP contribution in [-0.2, 0) is 13.1 Å². The van der Waals surface area contributed by atoms with Gasteiger partial charge in [0.2, 0.25) is 0 Å². The Kier molecular flexibility index (Phi) is 8.17. The number of methoxy groups -OCH3 is 1. The maximum Gasteiger partial charge on any atom is 0.161 e. The van der Waals surface area contributed by atoms with Gasteiger partial charge >= 0.3 is 0 Å². The van der Waals surface area contributed by atoms with E-state index >= 15 is 0 Å². The van der Waals surface area contributed by atoms with Gasteiger partial charge < -0.3 is 14.8 Å². The van der Waals surface area contributed by atoms with Crippen LogP contribution in [0.1, 0.15) is 24.0 Å². The lowest BCUT2D eigenvalue weighted by molar-refractivity contribution is 0.290. The van der Waals surface area contributed by atoms with Crippen molar-refractivity contribution in [2.75, 3.05) is 20.0 Å². The highest BCUT2D eigenvalue weighted by molar-refractivity contribution is 7.98. The number of hydrogen-bond donors (Lipinski definition) is 1. The maximum absolute atomic E-state index is 8.59. The predicted octanol–water partition coefficient (Wildman–Crippen LogP) is 4.39. The van der Waals surface area contributed by atoms with Gasteiger partial charge in [0.1, 0.15) is 0 Å². The Bertz CT molecular complexity index is 696. The van der Waals surface area contributed by atoms with Crippen LogP contribution in [0.4, 0.5) is 0 Å². The van der Waals surface area contributed by atoms with Crippen molar-refractivity contribution in [1.82, 2.24) is 5.32 Å².